The van der Waals surface area contributed by atoms with Crippen LogP contribution in [0.15, 0.2) is 73.9 Å². The van der Waals surface area contributed by atoms with E-state index in [0.29, 0.717) is 77.0 Å². The zero-order chi connectivity index (χ0) is 59.1. The summed E-state index contributed by atoms with van der Waals surface area (Å²) < 4.78 is 63.9. The van der Waals surface area contributed by atoms with E-state index in [1.165, 1.54) is 50.6 Å². The predicted octanol–water partition coefficient (Wildman–Crippen LogP) is 7.70. The van der Waals surface area contributed by atoms with Gasteiger partial charge in [-0.3, -0.25) is 24.0 Å². The summed E-state index contributed by atoms with van der Waals surface area (Å²) in [5.41, 5.74) is -0.433. The van der Waals surface area contributed by atoms with Crippen LogP contribution in [0.4, 0.5) is 0 Å². The van der Waals surface area contributed by atoms with Gasteiger partial charge in [-0.25, -0.2) is 24.0 Å². The molecule has 22 heteroatoms. The molecule has 1 atom stereocenters. The van der Waals surface area contributed by atoms with Crippen molar-refractivity contribution in [3.8, 4) is 23.0 Å². The Morgan fingerprint density at radius 2 is 0.877 bits per heavy atom. The first-order chi connectivity index (χ1) is 39.0. The molecule has 0 aliphatic heterocycles. The summed E-state index contributed by atoms with van der Waals surface area (Å²) in [5.74, 6) is -9.60. The molecule has 0 saturated heterocycles. The second-order valence-corrected chi connectivity index (χ2v) is 19.1. The van der Waals surface area contributed by atoms with Gasteiger partial charge in [-0.15, -0.1) is 0 Å². The fourth-order valence-electron chi connectivity index (χ4n) is 8.52. The lowest BCUT2D eigenvalue weighted by molar-refractivity contribution is -0.152. The van der Waals surface area contributed by atoms with Gasteiger partial charge in [0.15, 0.2) is 0 Å². The van der Waals surface area contributed by atoms with E-state index >= 15 is 0 Å². The van der Waals surface area contributed by atoms with E-state index in [1.54, 1.807) is 6.92 Å². The normalized spacial score (nSPS) is 16.9. The van der Waals surface area contributed by atoms with Crippen LogP contribution in [0.3, 0.4) is 0 Å². The Kier molecular flexibility index (Phi) is 29.1. The molecule has 442 valence electrons. The van der Waals surface area contributed by atoms with Gasteiger partial charge in [0.1, 0.15) is 47.3 Å². The number of methoxy groups -OCH3 is 2. The van der Waals surface area contributed by atoms with Crippen LogP contribution < -0.4 is 18.9 Å². The molecule has 0 radical (unpaired) electrons. The molecule has 0 spiro atoms. The number of carbonyl (C=O) groups excluding carboxylic acids is 10. The molecular formula is C59H74O22. The Morgan fingerprint density at radius 1 is 0.494 bits per heavy atom. The molecule has 2 aromatic rings. The molecule has 4 rings (SSSR count). The van der Waals surface area contributed by atoms with Crippen molar-refractivity contribution < 1.29 is 105 Å². The maximum atomic E-state index is 13.6. The molecule has 0 bridgehead atoms. The van der Waals surface area contributed by atoms with Gasteiger partial charge in [-0.05, 0) is 133 Å². The second-order valence-electron chi connectivity index (χ2n) is 19.1. The molecule has 2 aliphatic rings. The molecule has 2 aromatic carbocycles. The molecule has 22 nitrogen and oxygen atoms in total. The van der Waals surface area contributed by atoms with Crippen LogP contribution in [0.25, 0.3) is 0 Å². The van der Waals surface area contributed by atoms with Gasteiger partial charge in [0.25, 0.3) is 0 Å². The first-order valence-corrected chi connectivity index (χ1v) is 27.1. The van der Waals surface area contributed by atoms with E-state index in [2.05, 4.69) is 19.7 Å². The quantitative estimate of drug-likeness (QED) is 0.0213. The van der Waals surface area contributed by atoms with Crippen molar-refractivity contribution in [3.05, 3.63) is 85.0 Å². The van der Waals surface area contributed by atoms with Crippen LogP contribution in [-0.2, 0) is 76.3 Å². The minimum Gasteiger partial charge on any atom is -0.465 e. The van der Waals surface area contributed by atoms with Gasteiger partial charge in [-0.1, -0.05) is 26.7 Å². The zero-order valence-electron chi connectivity index (χ0n) is 46.4. The van der Waals surface area contributed by atoms with E-state index in [0.717, 1.165) is 12.2 Å². The van der Waals surface area contributed by atoms with Crippen LogP contribution in [-0.4, -0.2) is 127 Å². The van der Waals surface area contributed by atoms with Crippen molar-refractivity contribution in [3.63, 3.8) is 0 Å². The van der Waals surface area contributed by atoms with Crippen LogP contribution in [0, 0.1) is 29.6 Å². The SMILES string of the molecule is C=CC(=O)OCCCCOC(=O)C1CCC(C(=O)Oc2ccc(OC(=O)C(=C)CCC(CC)C(=O)Oc3ccc(OC(=O)C4CCC(C(=O)OCCCCOC(=O)C=C)CC4)c(C(=O)OCCOC)c3)cc2C(=O)OCCOC)CC1. The molecule has 81 heavy (non-hydrogen) atoms. The van der Waals surface area contributed by atoms with Crippen LogP contribution in [0.1, 0.15) is 124 Å². The van der Waals surface area contributed by atoms with Crippen LogP contribution in [0.2, 0.25) is 0 Å². The summed E-state index contributed by atoms with van der Waals surface area (Å²) in [4.78, 5) is 128. The highest BCUT2D eigenvalue weighted by Gasteiger charge is 2.35. The Labute approximate surface area is 471 Å². The van der Waals surface area contributed by atoms with Gasteiger partial charge >= 0.3 is 59.7 Å². The summed E-state index contributed by atoms with van der Waals surface area (Å²) in [6.45, 7) is 12.8. The van der Waals surface area contributed by atoms with Crippen molar-refractivity contribution in [2.75, 3.05) is 67.1 Å². The molecular weight excluding hydrogens is 1060 g/mol. The van der Waals surface area contributed by atoms with E-state index in [9.17, 15) is 47.9 Å². The number of carbonyl (C=O) groups is 10. The maximum Gasteiger partial charge on any atom is 0.342 e. The lowest BCUT2D eigenvalue weighted by Gasteiger charge is -2.26. The summed E-state index contributed by atoms with van der Waals surface area (Å²) in [5, 5.41) is 0. The third kappa shape index (κ3) is 22.7. The first-order valence-electron chi connectivity index (χ1n) is 27.1. The van der Waals surface area contributed by atoms with Crippen LogP contribution >= 0.6 is 0 Å². The maximum absolute atomic E-state index is 13.6. The minimum absolute atomic E-state index is 0.0191. The Bertz CT molecular complexity index is 2510. The van der Waals surface area contributed by atoms with Gasteiger partial charge < -0.3 is 56.8 Å². The molecule has 1 unspecified atom stereocenters. The van der Waals surface area contributed by atoms with Gasteiger partial charge in [0.2, 0.25) is 0 Å². The molecule has 2 saturated carbocycles. The number of hydrogen-bond acceptors (Lipinski definition) is 22. The fraction of sp³-hybridized carbons (Fsp3) is 0.525. The second kappa shape index (κ2) is 35.8. The molecule has 0 N–H and O–H groups in total. The number of benzene rings is 2. The highest BCUT2D eigenvalue weighted by Crippen LogP contribution is 2.35. The molecule has 0 amide bonds. The lowest BCUT2D eigenvalue weighted by atomic mass is 9.82. The Morgan fingerprint density at radius 3 is 1.26 bits per heavy atom. The topological polar surface area (TPSA) is 281 Å². The minimum atomic E-state index is -0.890. The van der Waals surface area contributed by atoms with Gasteiger partial charge in [0.05, 0.1) is 69.2 Å². The summed E-state index contributed by atoms with van der Waals surface area (Å²) >= 11 is 0. The largest absolute Gasteiger partial charge is 0.465 e. The van der Waals surface area contributed by atoms with Gasteiger partial charge in [0, 0.05) is 31.9 Å². The van der Waals surface area contributed by atoms with Crippen molar-refractivity contribution in [2.24, 2.45) is 29.6 Å². The fourth-order valence-corrected chi connectivity index (χ4v) is 8.52. The number of unbranched alkanes of at least 4 members (excludes halogenated alkanes) is 2. The average molecular weight is 1140 g/mol. The number of rotatable bonds is 34. The highest BCUT2D eigenvalue weighted by molar-refractivity contribution is 5.96. The number of ether oxygens (including phenoxy) is 12. The highest BCUT2D eigenvalue weighted by atomic mass is 16.6. The third-order valence-electron chi connectivity index (χ3n) is 13.3. The zero-order valence-corrected chi connectivity index (χ0v) is 46.4. The third-order valence-corrected chi connectivity index (χ3v) is 13.3. The van der Waals surface area contributed by atoms with E-state index in [1.807, 2.05) is 0 Å². The van der Waals surface area contributed by atoms with Crippen molar-refractivity contribution >= 4 is 59.7 Å². The van der Waals surface area contributed by atoms with Crippen LogP contribution in [0.5, 0.6) is 23.0 Å². The van der Waals surface area contributed by atoms with E-state index < -0.39 is 77.3 Å². The monoisotopic (exact) mass is 1130 g/mol. The van der Waals surface area contributed by atoms with Crippen molar-refractivity contribution in [1.82, 2.24) is 0 Å². The van der Waals surface area contributed by atoms with Gasteiger partial charge in [-0.2, -0.15) is 0 Å². The van der Waals surface area contributed by atoms with Crippen molar-refractivity contribution in [1.29, 1.82) is 0 Å². The smallest absolute Gasteiger partial charge is 0.342 e. The van der Waals surface area contributed by atoms with E-state index in [-0.39, 0.29) is 124 Å². The van der Waals surface area contributed by atoms with E-state index in [4.69, 9.17) is 56.8 Å². The summed E-state index contributed by atoms with van der Waals surface area (Å²) in [7, 11) is 2.84. The van der Waals surface area contributed by atoms with Crippen molar-refractivity contribution in [2.45, 2.75) is 103 Å². The Balaban J connectivity index is 1.31. The molecule has 2 fully saturated rings. The molecule has 0 heterocycles. The summed E-state index contributed by atoms with van der Waals surface area (Å²) in [6, 6.07) is 7.68. The number of hydrogen-bond donors (Lipinski definition) is 0. The average Bonchev–Trinajstić information content (AvgIpc) is 3.48. The number of esters is 10. The predicted molar refractivity (Wildman–Crippen MR) is 285 cm³/mol. The first kappa shape index (κ1) is 65.8. The molecule has 0 aromatic heterocycles. The lowest BCUT2D eigenvalue weighted by Crippen LogP contribution is -2.30. The summed E-state index contributed by atoms with van der Waals surface area (Å²) in [6.07, 6.45) is 7.33. The molecule has 2 aliphatic carbocycles. The standard InChI is InChI=1S/C59H74O22/c1-7-39(55(65)79-45-25-27-49(47(37-45)59(69)77-35-33-71-6)81-57(67)43-22-18-41(19-23-43)54(64)75-31-13-11-29-73-51(61)9-3)15-14-38(4)52(62)78-44-24-26-48(46(36-44)58(68)76-34-32-70-5)80-56(66)42-20-16-40(17-21-42)53(63)74-30-12-10-28-72-50(60)8-2/h8-9,24-27,36-37,39-43H,2-4,7,10-23,28-35H2,1,5-6H3. The Hall–Kier alpha value is -7.72.